The molecule has 0 heterocycles. The van der Waals surface area contributed by atoms with Gasteiger partial charge in [0, 0.05) is 0 Å². The first-order valence-corrected chi connectivity index (χ1v) is 4.18. The fourth-order valence-corrected chi connectivity index (χ4v) is 0. The van der Waals surface area contributed by atoms with Crippen LogP contribution in [0.2, 0.25) is 0 Å². The molecule has 0 aliphatic rings. The molecule has 0 rings (SSSR count). The van der Waals surface area contributed by atoms with E-state index in [1.54, 1.807) is 0 Å². The van der Waals surface area contributed by atoms with Crippen molar-refractivity contribution in [3.63, 3.8) is 0 Å². The second kappa shape index (κ2) is 174. The van der Waals surface area contributed by atoms with E-state index >= 15 is 0 Å². The van der Waals surface area contributed by atoms with Gasteiger partial charge in [0.05, 0.1) is 0 Å². The molecule has 12 heteroatoms. The number of hydrogen-bond acceptors (Lipinski definition) is 10. The molecule has 0 saturated carbocycles. The summed E-state index contributed by atoms with van der Waals surface area (Å²) in [5, 5.41) is 42.3. The van der Waals surface area contributed by atoms with Crippen LogP contribution < -0.4 is 6.15 Å². The minimum absolute atomic E-state index is 0. The average Bonchev–Trinajstić information content (AvgIpc) is 2.09. The molecule has 4 N–H and O–H groups in total. The van der Waals surface area contributed by atoms with Crippen LogP contribution in [-0.2, 0) is 84.2 Å². The number of nitriles is 5. The van der Waals surface area contributed by atoms with Crippen molar-refractivity contribution in [2.24, 2.45) is 0 Å². The molecule has 0 aliphatic heterocycles. The number of hydrogen-bond donors (Lipinski definition) is 1. The monoisotopic (exact) mass is 503 g/mol. The van der Waals surface area contributed by atoms with Crippen molar-refractivity contribution in [2.45, 2.75) is 0 Å². The van der Waals surface area contributed by atoms with Crippen molar-refractivity contribution in [3.8, 4) is 27.0 Å². The summed E-state index contributed by atoms with van der Waals surface area (Å²) in [6, 6.07) is 0. The Balaban J connectivity index is -0.0000000143. The van der Waals surface area contributed by atoms with Crippen LogP contribution in [0.4, 0.5) is 0 Å². The molecule has 0 amide bonds. The minimum Gasteiger partial charge on any atom is -0.696 e. The third-order valence-corrected chi connectivity index (χ3v) is 0. The van der Waals surface area contributed by atoms with Gasteiger partial charge < -0.3 is 69.3 Å². The van der Waals surface area contributed by atoms with Crippen LogP contribution in [0.5, 0.6) is 0 Å². The molecule has 0 aromatic carbocycles. The zero-order chi connectivity index (χ0) is 13.5. The molecule has 0 spiro atoms. The molecule has 0 aromatic heterocycles. The smallest absolute Gasteiger partial charge is 0.696 e. The Bertz CT molecular complexity index is 208. The Morgan fingerprint density at radius 2 is 0.471 bits per heavy atom. The number of thiocyanates is 5. The molecule has 94 valence electrons. The van der Waals surface area contributed by atoms with Crippen LogP contribution in [0.1, 0.15) is 0 Å². The number of nitrogens with zero attached hydrogens (tertiary/aromatic N) is 5. The molecule has 0 saturated heterocycles. The first kappa shape index (κ1) is 44.2. The molecule has 6 nitrogen and oxygen atoms in total. The molecule has 0 bridgehead atoms. The van der Waals surface area contributed by atoms with E-state index in [0.717, 1.165) is 0 Å². The molecule has 0 radical (unpaired) electrons. The standard InChI is InChI=1S/5CHNS.H3N.Pt/c5*2-1-3;;/h5*3H;1H3;/q;;;;;;+4/p-4. The minimum atomic E-state index is 0. The topological polar surface area (TPSA) is 155 Å². The molecule has 0 aromatic rings. The van der Waals surface area contributed by atoms with Gasteiger partial charge in [0.25, 0.3) is 0 Å². The summed E-state index contributed by atoms with van der Waals surface area (Å²) < 4.78 is 0. The van der Waals surface area contributed by atoms with Crippen molar-refractivity contribution < 1.29 is 21.1 Å². The van der Waals surface area contributed by atoms with Gasteiger partial charge in [-0.05, 0) is 0 Å². The third-order valence-electron chi connectivity index (χ3n) is 0. The van der Waals surface area contributed by atoms with Crippen LogP contribution in [0.15, 0.2) is 0 Å². The van der Waals surface area contributed by atoms with Gasteiger partial charge >= 0.3 is 21.1 Å². The van der Waals surface area contributed by atoms with Crippen molar-refractivity contribution in [1.29, 1.82) is 26.3 Å². The van der Waals surface area contributed by atoms with Crippen LogP contribution in [0.25, 0.3) is 0 Å². The van der Waals surface area contributed by atoms with E-state index in [1.807, 2.05) is 0 Å². The van der Waals surface area contributed by atoms with E-state index in [0.29, 0.717) is 0 Å². The normalized spacial score (nSPS) is 2.06. The maximum Gasteiger partial charge on any atom is 4.00 e. The largest absolute Gasteiger partial charge is 4.00 e. The summed E-state index contributed by atoms with van der Waals surface area (Å²) in [5.74, 6) is 0. The van der Waals surface area contributed by atoms with Gasteiger partial charge in [-0.1, -0.05) is 27.0 Å². The zero-order valence-electron chi connectivity index (χ0n) is 8.09. The van der Waals surface area contributed by atoms with Crippen molar-refractivity contribution in [2.75, 3.05) is 0 Å². The molecule has 0 unspecified atom stereocenters. The summed E-state index contributed by atoms with van der Waals surface area (Å²) in [5.41, 5.74) is 0. The van der Waals surface area contributed by atoms with E-state index in [4.69, 9.17) is 26.3 Å². The van der Waals surface area contributed by atoms with E-state index in [2.05, 4.69) is 63.1 Å². The molecular weight excluding hydrogens is 500 g/mol. The Morgan fingerprint density at radius 3 is 0.471 bits per heavy atom. The summed E-state index contributed by atoms with van der Waals surface area (Å²) >= 11 is 18.5. The van der Waals surface area contributed by atoms with Crippen LogP contribution in [-0.4, -0.2) is 0 Å². The third kappa shape index (κ3) is 4120. The fourth-order valence-electron chi connectivity index (χ4n) is 0. The van der Waals surface area contributed by atoms with E-state index in [1.165, 1.54) is 27.0 Å². The average molecular weight is 504 g/mol. The zero-order valence-corrected chi connectivity index (χ0v) is 14.4. The van der Waals surface area contributed by atoms with Crippen LogP contribution >= 0.6 is 0 Å². The first-order chi connectivity index (χ1) is 7.07. The summed E-state index contributed by atoms with van der Waals surface area (Å²) in [6.07, 6.45) is 0. The first-order valence-electron chi connectivity index (χ1n) is 2.14. The maximum atomic E-state index is 7.13. The maximum absolute atomic E-state index is 7.13. The Hall–Kier alpha value is -0.802. The molecule has 17 heavy (non-hydrogen) atoms. The molecule has 0 aliphatic carbocycles. The molecular formula is C5H4N6PtS5. The molecule has 0 fully saturated rings. The van der Waals surface area contributed by atoms with E-state index in [9.17, 15) is 0 Å². The Morgan fingerprint density at radius 1 is 0.471 bits per heavy atom. The number of quaternary nitrogens is 1. The van der Waals surface area contributed by atoms with Gasteiger partial charge in [-0.2, -0.15) is 0 Å². The summed E-state index contributed by atoms with van der Waals surface area (Å²) in [7, 11) is 0. The second-order valence-electron chi connectivity index (χ2n) is 0.456. The van der Waals surface area contributed by atoms with E-state index in [-0.39, 0.29) is 27.2 Å². The van der Waals surface area contributed by atoms with Gasteiger partial charge in [-0.15, -0.1) is 0 Å². The summed E-state index contributed by atoms with van der Waals surface area (Å²) in [4.78, 5) is 0. The number of rotatable bonds is 0. The molecule has 0 atom stereocenters. The summed E-state index contributed by atoms with van der Waals surface area (Å²) in [6.45, 7) is 0. The quantitative estimate of drug-likeness (QED) is 0.364. The van der Waals surface area contributed by atoms with Crippen molar-refractivity contribution >= 4 is 63.1 Å². The van der Waals surface area contributed by atoms with Crippen molar-refractivity contribution in [3.05, 3.63) is 0 Å². The van der Waals surface area contributed by atoms with Crippen LogP contribution in [0, 0.1) is 53.3 Å². The van der Waals surface area contributed by atoms with Gasteiger partial charge in [-0.3, -0.25) is 0 Å². The predicted molar refractivity (Wildman–Crippen MR) is 70.9 cm³/mol. The van der Waals surface area contributed by atoms with E-state index < -0.39 is 0 Å². The Kier molecular flexibility index (Phi) is 452. The van der Waals surface area contributed by atoms with Crippen LogP contribution in [0.3, 0.4) is 0 Å². The Labute approximate surface area is 142 Å². The van der Waals surface area contributed by atoms with Gasteiger partial charge in [0.2, 0.25) is 0 Å². The van der Waals surface area contributed by atoms with Gasteiger partial charge in [-0.25, -0.2) is 26.3 Å². The predicted octanol–water partition coefficient (Wildman–Crippen LogP) is 0.446. The van der Waals surface area contributed by atoms with Gasteiger partial charge in [0.15, 0.2) is 0 Å². The SMILES string of the molecule is N#C[S-].N#C[S-].N#C[S-].N#C[S-].N#C[S-].[NH4+].[Pt+4]. The fraction of sp³-hybridized carbons (Fsp3) is 0. The van der Waals surface area contributed by atoms with Gasteiger partial charge in [0.1, 0.15) is 0 Å². The second-order valence-corrected chi connectivity index (χ2v) is 1.37. The van der Waals surface area contributed by atoms with Crippen molar-refractivity contribution in [1.82, 2.24) is 6.15 Å².